The predicted molar refractivity (Wildman–Crippen MR) is 316 cm³/mol. The van der Waals surface area contributed by atoms with Crippen LogP contribution in [0, 0.1) is 0 Å². The number of rotatable bonds is 59. The van der Waals surface area contributed by atoms with Crippen molar-refractivity contribution >= 4 is 33.6 Å². The minimum absolute atomic E-state index is 0.109. The van der Waals surface area contributed by atoms with E-state index in [0.29, 0.717) is 19.3 Å². The zero-order valence-electron chi connectivity index (χ0n) is 49.5. The number of esters is 3. The summed E-state index contributed by atoms with van der Waals surface area (Å²) in [6.45, 7) is 2.53. The Kier molecular flexibility index (Phi) is 54.2. The summed E-state index contributed by atoms with van der Waals surface area (Å²) in [7, 11) is -9.75. The molecule has 5 unspecified atom stereocenters. The van der Waals surface area contributed by atoms with Gasteiger partial charge in [0.1, 0.15) is 25.4 Å². The Morgan fingerprint density at radius 2 is 0.671 bits per heavy atom. The fraction of sp³-hybridized carbons (Fsp3) is 0.820. The summed E-state index contributed by atoms with van der Waals surface area (Å²) >= 11 is 0. The van der Waals surface area contributed by atoms with E-state index in [1.807, 2.05) is 0 Å². The van der Waals surface area contributed by atoms with Crippen LogP contribution in [0.2, 0.25) is 0 Å². The zero-order valence-corrected chi connectivity index (χ0v) is 51.3. The van der Waals surface area contributed by atoms with Crippen molar-refractivity contribution in [2.75, 3.05) is 39.6 Å². The molecule has 0 aliphatic heterocycles. The molecule has 0 bridgehead atoms. The summed E-state index contributed by atoms with van der Waals surface area (Å²) in [4.78, 5) is 58.1. The summed E-state index contributed by atoms with van der Waals surface area (Å²) in [6, 6.07) is 0. The van der Waals surface area contributed by atoms with E-state index in [1.54, 1.807) is 0 Å². The Hall–Kier alpha value is -2.49. The van der Waals surface area contributed by atoms with Crippen LogP contribution in [-0.2, 0) is 55.8 Å². The number of phosphoric ester groups is 2. The molecule has 79 heavy (non-hydrogen) atoms. The van der Waals surface area contributed by atoms with E-state index < -0.39 is 91.5 Å². The number of ether oxygens (including phenoxy) is 3. The Morgan fingerprint density at radius 1 is 0.367 bits per heavy atom. The number of phosphoric acid groups is 2. The molecule has 0 rings (SSSR count). The molecule has 0 radical (unpaired) electrons. The van der Waals surface area contributed by atoms with Crippen molar-refractivity contribution in [1.82, 2.24) is 0 Å². The summed E-state index contributed by atoms with van der Waals surface area (Å²) in [5.74, 6) is -1.59. The van der Waals surface area contributed by atoms with Gasteiger partial charge in [-0.2, -0.15) is 0 Å². The van der Waals surface area contributed by atoms with E-state index >= 15 is 0 Å². The summed E-state index contributed by atoms with van der Waals surface area (Å²) in [5, 5.41) is 20.4. The summed E-state index contributed by atoms with van der Waals surface area (Å²) in [5.41, 5.74) is 0. The summed E-state index contributed by atoms with van der Waals surface area (Å²) < 4.78 is 60.6. The highest BCUT2D eigenvalue weighted by Crippen LogP contribution is 2.45. The molecule has 4 N–H and O–H groups in total. The SMILES string of the molecule is CC/C=C\C/C=C\C/C=C\CCCCCCCC(=O)OCC(O)COP(=O)(O)OCC(O)COP(=O)(O)OCC(COC(=O)CCCCCCC/C=C\CCCCCCCC)OC(=O)CCCCCCCCCCCCCCC. The van der Waals surface area contributed by atoms with Gasteiger partial charge in [0.25, 0.3) is 0 Å². The molecule has 0 saturated carbocycles. The highest BCUT2D eigenvalue weighted by atomic mass is 31.2. The molecule has 5 atom stereocenters. The van der Waals surface area contributed by atoms with E-state index in [1.165, 1.54) is 89.9 Å². The number of allylic oxidation sites excluding steroid dienone is 8. The number of hydrogen-bond acceptors (Lipinski definition) is 14. The number of carbonyl (C=O) groups is 3. The van der Waals surface area contributed by atoms with E-state index in [0.717, 1.165) is 116 Å². The Balaban J connectivity index is 4.69. The van der Waals surface area contributed by atoms with Crippen LogP contribution in [0.4, 0.5) is 0 Å². The first-order valence-electron chi connectivity index (χ1n) is 30.9. The largest absolute Gasteiger partial charge is 0.472 e. The lowest BCUT2D eigenvalue weighted by Crippen LogP contribution is -2.30. The molecule has 462 valence electrons. The minimum atomic E-state index is -4.91. The monoisotopic (exact) mass is 1160 g/mol. The Morgan fingerprint density at radius 3 is 1.08 bits per heavy atom. The van der Waals surface area contributed by atoms with Crippen LogP contribution in [0.3, 0.4) is 0 Å². The van der Waals surface area contributed by atoms with Crippen molar-refractivity contribution in [3.63, 3.8) is 0 Å². The molecule has 16 nitrogen and oxygen atoms in total. The van der Waals surface area contributed by atoms with Crippen LogP contribution in [0.25, 0.3) is 0 Å². The smallest absolute Gasteiger partial charge is 0.463 e. The van der Waals surface area contributed by atoms with Gasteiger partial charge in [0, 0.05) is 19.3 Å². The second-order valence-corrected chi connectivity index (χ2v) is 23.7. The van der Waals surface area contributed by atoms with Gasteiger partial charge >= 0.3 is 33.6 Å². The van der Waals surface area contributed by atoms with Gasteiger partial charge in [-0.05, 0) is 77.0 Å². The molecule has 0 aliphatic rings. The highest BCUT2D eigenvalue weighted by Gasteiger charge is 2.29. The average Bonchev–Trinajstić information content (AvgIpc) is 3.42. The first-order valence-corrected chi connectivity index (χ1v) is 33.9. The third kappa shape index (κ3) is 57.1. The van der Waals surface area contributed by atoms with Crippen molar-refractivity contribution in [3.05, 3.63) is 48.6 Å². The molecule has 0 amide bonds. The lowest BCUT2D eigenvalue weighted by molar-refractivity contribution is -0.161. The van der Waals surface area contributed by atoms with Gasteiger partial charge in [-0.3, -0.25) is 32.5 Å². The van der Waals surface area contributed by atoms with Crippen LogP contribution in [0.15, 0.2) is 48.6 Å². The second kappa shape index (κ2) is 56.0. The average molecular weight is 1160 g/mol. The van der Waals surface area contributed by atoms with Crippen molar-refractivity contribution in [3.8, 4) is 0 Å². The van der Waals surface area contributed by atoms with Gasteiger partial charge in [-0.15, -0.1) is 0 Å². The number of aliphatic hydroxyl groups is 2. The van der Waals surface area contributed by atoms with E-state index in [4.69, 9.17) is 32.3 Å². The first-order chi connectivity index (χ1) is 38.2. The molecule has 0 aliphatic carbocycles. The molecular weight excluding hydrogens is 1050 g/mol. The fourth-order valence-corrected chi connectivity index (χ4v) is 9.87. The van der Waals surface area contributed by atoms with E-state index in [2.05, 4.69) is 69.4 Å². The van der Waals surface area contributed by atoms with Crippen LogP contribution >= 0.6 is 15.6 Å². The summed E-state index contributed by atoms with van der Waals surface area (Å²) in [6.07, 6.45) is 51.7. The molecule has 0 saturated heterocycles. The van der Waals surface area contributed by atoms with E-state index in [-0.39, 0.29) is 19.3 Å². The quantitative estimate of drug-likeness (QED) is 0.0146. The van der Waals surface area contributed by atoms with E-state index in [9.17, 15) is 43.5 Å². The van der Waals surface area contributed by atoms with Gasteiger partial charge in [0.2, 0.25) is 0 Å². The molecule has 0 fully saturated rings. The van der Waals surface area contributed by atoms with Gasteiger partial charge in [0.15, 0.2) is 6.10 Å². The third-order valence-corrected chi connectivity index (χ3v) is 14.9. The van der Waals surface area contributed by atoms with Gasteiger partial charge in [0.05, 0.1) is 26.4 Å². The molecule has 0 heterocycles. The number of aliphatic hydroxyl groups excluding tert-OH is 2. The minimum Gasteiger partial charge on any atom is -0.463 e. The zero-order chi connectivity index (χ0) is 58.2. The maximum atomic E-state index is 12.9. The van der Waals surface area contributed by atoms with Gasteiger partial charge in [-0.25, -0.2) is 9.13 Å². The predicted octanol–water partition coefficient (Wildman–Crippen LogP) is 16.1. The normalized spacial score (nSPS) is 14.8. The molecule has 18 heteroatoms. The lowest BCUT2D eigenvalue weighted by atomic mass is 10.0. The van der Waals surface area contributed by atoms with Gasteiger partial charge in [-0.1, -0.05) is 217 Å². The highest BCUT2D eigenvalue weighted by molar-refractivity contribution is 7.47. The van der Waals surface area contributed by atoms with Gasteiger partial charge < -0.3 is 34.2 Å². The van der Waals surface area contributed by atoms with Crippen LogP contribution in [-0.4, -0.2) is 95.9 Å². The maximum absolute atomic E-state index is 12.9. The van der Waals surface area contributed by atoms with Crippen LogP contribution < -0.4 is 0 Å². The van der Waals surface area contributed by atoms with Crippen LogP contribution in [0.5, 0.6) is 0 Å². The molecule has 0 aromatic heterocycles. The number of unbranched alkanes of at least 4 members (excludes halogenated alkanes) is 28. The van der Waals surface area contributed by atoms with Crippen LogP contribution in [0.1, 0.15) is 265 Å². The number of hydrogen-bond donors (Lipinski definition) is 4. The molecule has 0 aromatic rings. The van der Waals surface area contributed by atoms with Crippen molar-refractivity contribution in [1.29, 1.82) is 0 Å². The fourth-order valence-electron chi connectivity index (χ4n) is 8.28. The van der Waals surface area contributed by atoms with Crippen molar-refractivity contribution in [2.45, 2.75) is 283 Å². The molecule has 0 spiro atoms. The standard InChI is InChI=1S/C61H112O16P2/c1-4-7-10-13-16-19-22-25-27-30-32-35-38-41-44-47-59(64)71-50-56(62)51-73-78(67,68)74-52-57(63)53-75-79(69,70)76-55-58(77-61(66)49-46-43-40-37-34-29-24-21-18-15-12-9-6-3)54-72-60(65)48-45-42-39-36-33-31-28-26-23-20-17-14-11-8-5-2/h7,10,16,19,25-28,56-58,62-63H,4-6,8-9,11-15,17-18,20-24,29-55H2,1-3H3,(H,67,68)(H,69,70)/b10-7-,19-16-,27-25-,28-26-. The Labute approximate surface area is 478 Å². The maximum Gasteiger partial charge on any atom is 0.472 e. The first kappa shape index (κ1) is 76.5. The van der Waals surface area contributed by atoms with Crippen molar-refractivity contribution < 1.29 is 75.8 Å². The Bertz CT molecular complexity index is 1650. The molecule has 0 aromatic carbocycles. The second-order valence-electron chi connectivity index (χ2n) is 20.8. The topological polar surface area (TPSA) is 231 Å². The lowest BCUT2D eigenvalue weighted by Gasteiger charge is -2.21. The third-order valence-electron chi connectivity index (χ3n) is 13.0. The van der Waals surface area contributed by atoms with Crippen molar-refractivity contribution in [2.24, 2.45) is 0 Å². The number of carbonyl (C=O) groups excluding carboxylic acids is 3. The molecular formula is C61H112O16P2.